The van der Waals surface area contributed by atoms with Crippen molar-refractivity contribution in [1.29, 1.82) is 0 Å². The maximum absolute atomic E-state index is 16.3. The van der Waals surface area contributed by atoms with Crippen molar-refractivity contribution in [3.05, 3.63) is 59.6 Å². The van der Waals surface area contributed by atoms with Gasteiger partial charge in [-0.15, -0.1) is 0 Å². The third kappa shape index (κ3) is 3.71. The Bertz CT molecular complexity index is 1490. The highest BCUT2D eigenvalue weighted by molar-refractivity contribution is 5.99. The first kappa shape index (κ1) is 22.0. The zero-order chi connectivity index (χ0) is 24.4. The van der Waals surface area contributed by atoms with Crippen molar-refractivity contribution in [2.75, 3.05) is 24.5 Å². The molecule has 2 bridgehead atoms. The van der Waals surface area contributed by atoms with E-state index in [1.165, 1.54) is 6.07 Å². The lowest BCUT2D eigenvalue weighted by molar-refractivity contribution is 0.464. The standard InChI is InChI=1S/C28H28F2N6/c1-2-23-34-27-21(28(35-23)36-13-17-6-7-18(14-36)33-17)12-32-26(25(27)30)20-10-15(9-19-11-31-19)8-16-4-3-5-22(29)24(16)20/h3-5,8,10,12,17-19,31,33H,2,6-7,9,11,13-14H2,1H3. The molecule has 0 saturated carbocycles. The minimum Gasteiger partial charge on any atom is -0.353 e. The van der Waals surface area contributed by atoms with E-state index in [1.54, 1.807) is 12.3 Å². The molecular weight excluding hydrogens is 458 g/mol. The Kier molecular flexibility index (Phi) is 5.15. The van der Waals surface area contributed by atoms with Gasteiger partial charge in [0.15, 0.2) is 5.82 Å². The van der Waals surface area contributed by atoms with E-state index in [-0.39, 0.29) is 17.0 Å². The van der Waals surface area contributed by atoms with Crippen molar-refractivity contribution in [3.63, 3.8) is 0 Å². The fourth-order valence-electron chi connectivity index (χ4n) is 5.90. The Labute approximate surface area is 208 Å². The first-order valence-electron chi connectivity index (χ1n) is 12.9. The second-order valence-corrected chi connectivity index (χ2v) is 10.3. The number of piperazine rings is 1. The van der Waals surface area contributed by atoms with E-state index in [2.05, 4.69) is 25.5 Å². The summed E-state index contributed by atoms with van der Waals surface area (Å²) >= 11 is 0. The van der Waals surface area contributed by atoms with E-state index in [4.69, 9.17) is 4.98 Å². The molecule has 184 valence electrons. The number of benzene rings is 2. The number of aryl methyl sites for hydroxylation is 1. The summed E-state index contributed by atoms with van der Waals surface area (Å²) in [5.74, 6) is 0.450. The molecule has 3 unspecified atom stereocenters. The van der Waals surface area contributed by atoms with Gasteiger partial charge in [0.1, 0.15) is 28.7 Å². The Morgan fingerprint density at radius 3 is 2.64 bits per heavy atom. The zero-order valence-electron chi connectivity index (χ0n) is 20.2. The van der Waals surface area contributed by atoms with Gasteiger partial charge in [0.05, 0.1) is 5.39 Å². The van der Waals surface area contributed by atoms with Crippen LogP contribution in [0.4, 0.5) is 14.6 Å². The maximum Gasteiger partial charge on any atom is 0.175 e. The van der Waals surface area contributed by atoms with Crippen molar-refractivity contribution in [2.24, 2.45) is 0 Å². The molecule has 0 aliphatic carbocycles. The molecule has 0 radical (unpaired) electrons. The molecule has 4 aromatic rings. The monoisotopic (exact) mass is 486 g/mol. The lowest BCUT2D eigenvalue weighted by Crippen LogP contribution is -2.51. The molecule has 3 saturated heterocycles. The minimum absolute atomic E-state index is 0.135. The molecule has 0 amide bonds. The fourth-order valence-corrected chi connectivity index (χ4v) is 5.90. The van der Waals surface area contributed by atoms with E-state index in [0.717, 1.165) is 55.7 Å². The average Bonchev–Trinajstić information content (AvgIpc) is 3.64. The number of rotatable bonds is 5. The van der Waals surface area contributed by atoms with Crippen LogP contribution >= 0.6 is 0 Å². The van der Waals surface area contributed by atoms with Crippen molar-refractivity contribution in [3.8, 4) is 11.3 Å². The van der Waals surface area contributed by atoms with E-state index in [1.807, 2.05) is 25.1 Å². The number of anilines is 1. The van der Waals surface area contributed by atoms with Crippen molar-refractivity contribution in [2.45, 2.75) is 50.7 Å². The van der Waals surface area contributed by atoms with Crippen LogP contribution in [0.25, 0.3) is 32.9 Å². The van der Waals surface area contributed by atoms with Crippen LogP contribution in [0, 0.1) is 11.6 Å². The van der Waals surface area contributed by atoms with E-state index < -0.39 is 5.82 Å². The zero-order valence-corrected chi connectivity index (χ0v) is 20.2. The molecule has 2 aromatic heterocycles. The first-order chi connectivity index (χ1) is 17.6. The van der Waals surface area contributed by atoms with Gasteiger partial charge in [0.2, 0.25) is 0 Å². The molecular formula is C28H28F2N6. The van der Waals surface area contributed by atoms with Gasteiger partial charge in [-0.25, -0.2) is 18.7 Å². The van der Waals surface area contributed by atoms with Gasteiger partial charge in [-0.2, -0.15) is 0 Å². The topological polar surface area (TPSA) is 75.9 Å². The quantitative estimate of drug-likeness (QED) is 0.413. The summed E-state index contributed by atoms with van der Waals surface area (Å²) in [6.45, 7) is 4.61. The highest BCUT2D eigenvalue weighted by Crippen LogP contribution is 2.37. The highest BCUT2D eigenvalue weighted by Gasteiger charge is 2.34. The molecule has 8 heteroatoms. The summed E-state index contributed by atoms with van der Waals surface area (Å²) in [6, 6.07) is 10.1. The third-order valence-electron chi connectivity index (χ3n) is 7.76. The number of nitrogens with one attached hydrogen (secondary N) is 2. The molecule has 3 fully saturated rings. The normalized spacial score (nSPS) is 23.1. The second-order valence-electron chi connectivity index (χ2n) is 10.3. The summed E-state index contributed by atoms with van der Waals surface area (Å²) in [4.78, 5) is 16.3. The molecule has 36 heavy (non-hydrogen) atoms. The summed E-state index contributed by atoms with van der Waals surface area (Å²) < 4.78 is 31.4. The molecule has 0 spiro atoms. The van der Waals surface area contributed by atoms with E-state index in [0.29, 0.717) is 46.7 Å². The average molecular weight is 487 g/mol. The summed E-state index contributed by atoms with van der Waals surface area (Å²) in [6.07, 6.45) is 5.38. The molecule has 3 aliphatic heterocycles. The highest BCUT2D eigenvalue weighted by atomic mass is 19.1. The number of aromatic nitrogens is 3. The molecule has 2 N–H and O–H groups in total. The molecule has 7 rings (SSSR count). The Balaban J connectivity index is 1.42. The second kappa shape index (κ2) is 8.42. The van der Waals surface area contributed by atoms with Crippen LogP contribution in [0.5, 0.6) is 0 Å². The van der Waals surface area contributed by atoms with Crippen LogP contribution in [0.15, 0.2) is 36.5 Å². The SMILES string of the molecule is CCc1nc(N2CC3CCC(C2)N3)c2cnc(-c3cc(CC4CN4)cc4cccc(F)c34)c(F)c2n1. The smallest absolute Gasteiger partial charge is 0.175 e. The summed E-state index contributed by atoms with van der Waals surface area (Å²) in [5, 5.41) is 8.69. The number of fused-ring (bicyclic) bond motifs is 4. The molecule has 3 atom stereocenters. The van der Waals surface area contributed by atoms with Crippen LogP contribution in [0.3, 0.4) is 0 Å². The van der Waals surface area contributed by atoms with Crippen LogP contribution in [-0.4, -0.2) is 52.7 Å². The predicted octanol–water partition coefficient (Wildman–Crippen LogP) is 4.14. The van der Waals surface area contributed by atoms with Crippen molar-refractivity contribution >= 4 is 27.5 Å². The predicted molar refractivity (Wildman–Crippen MR) is 137 cm³/mol. The molecule has 2 aromatic carbocycles. The van der Waals surface area contributed by atoms with Crippen molar-refractivity contribution < 1.29 is 8.78 Å². The lowest BCUT2D eigenvalue weighted by Gasteiger charge is -2.34. The third-order valence-corrected chi connectivity index (χ3v) is 7.76. The van der Waals surface area contributed by atoms with Gasteiger partial charge in [0, 0.05) is 61.3 Å². The number of halogens is 2. The van der Waals surface area contributed by atoms with Gasteiger partial charge >= 0.3 is 0 Å². The summed E-state index contributed by atoms with van der Waals surface area (Å²) in [5.41, 5.74) is 1.90. The molecule has 3 aliphatic rings. The Morgan fingerprint density at radius 2 is 1.89 bits per heavy atom. The van der Waals surface area contributed by atoms with Crippen molar-refractivity contribution in [1.82, 2.24) is 25.6 Å². The Morgan fingerprint density at radius 1 is 1.08 bits per heavy atom. The summed E-state index contributed by atoms with van der Waals surface area (Å²) in [7, 11) is 0. The number of nitrogens with zero attached hydrogens (tertiary/aromatic N) is 4. The largest absolute Gasteiger partial charge is 0.353 e. The van der Waals surface area contributed by atoms with Gasteiger partial charge in [-0.1, -0.05) is 25.1 Å². The van der Waals surface area contributed by atoms with Crippen LogP contribution in [0.1, 0.15) is 31.2 Å². The van der Waals surface area contributed by atoms with Gasteiger partial charge < -0.3 is 15.5 Å². The van der Waals surface area contributed by atoms with Crippen LogP contribution < -0.4 is 15.5 Å². The van der Waals surface area contributed by atoms with Gasteiger partial charge in [-0.05, 0) is 42.3 Å². The Hall–Kier alpha value is -3.23. The number of hydrogen-bond acceptors (Lipinski definition) is 6. The lowest BCUT2D eigenvalue weighted by atomic mass is 9.95. The van der Waals surface area contributed by atoms with Gasteiger partial charge in [0.25, 0.3) is 0 Å². The van der Waals surface area contributed by atoms with E-state index in [9.17, 15) is 0 Å². The molecule has 5 heterocycles. The fraction of sp³-hybridized carbons (Fsp3) is 0.393. The van der Waals surface area contributed by atoms with Gasteiger partial charge in [-0.3, -0.25) is 4.98 Å². The molecule has 6 nitrogen and oxygen atoms in total. The van der Waals surface area contributed by atoms with Crippen LogP contribution in [-0.2, 0) is 12.8 Å². The number of pyridine rings is 1. The minimum atomic E-state index is -0.518. The van der Waals surface area contributed by atoms with E-state index >= 15 is 8.78 Å². The first-order valence-corrected chi connectivity index (χ1v) is 12.9. The number of hydrogen-bond donors (Lipinski definition) is 2. The maximum atomic E-state index is 16.3. The van der Waals surface area contributed by atoms with Crippen LogP contribution in [0.2, 0.25) is 0 Å².